The molecule has 0 atom stereocenters. The van der Waals surface area contributed by atoms with E-state index >= 15 is 0 Å². The van der Waals surface area contributed by atoms with Gasteiger partial charge in [0, 0.05) is 17.3 Å². The van der Waals surface area contributed by atoms with Gasteiger partial charge in [-0.1, -0.05) is 30.3 Å². The Labute approximate surface area is 144 Å². The minimum atomic E-state index is 0.777. The maximum Gasteiger partial charge on any atom is 0.139 e. The van der Waals surface area contributed by atoms with Crippen molar-refractivity contribution < 1.29 is 4.74 Å². The molecule has 0 fully saturated rings. The first kappa shape index (κ1) is 14.6. The fraction of sp³-hybridized carbons (Fsp3) is 0. The lowest BCUT2D eigenvalue weighted by atomic mass is 10.1. The first-order chi connectivity index (χ1) is 11.9. The van der Waals surface area contributed by atoms with Gasteiger partial charge in [-0.05, 0) is 41.8 Å². The highest BCUT2D eigenvalue weighted by Gasteiger charge is 2.17. The molecule has 0 saturated carbocycles. The highest BCUT2D eigenvalue weighted by molar-refractivity contribution is 7.13. The normalized spacial score (nSPS) is 10.5. The van der Waals surface area contributed by atoms with Crippen molar-refractivity contribution in [3.63, 3.8) is 0 Å². The summed E-state index contributed by atoms with van der Waals surface area (Å²) < 4.78 is 6.13. The number of thiophene rings is 1. The Morgan fingerprint density at radius 2 is 1.62 bits per heavy atom. The van der Waals surface area contributed by atoms with Crippen LogP contribution in [0.5, 0.6) is 11.5 Å². The highest BCUT2D eigenvalue weighted by atomic mass is 32.1. The fourth-order valence-electron chi connectivity index (χ4n) is 2.50. The molecule has 4 aromatic rings. The lowest BCUT2D eigenvalue weighted by molar-refractivity contribution is 0.484. The van der Waals surface area contributed by atoms with Gasteiger partial charge in [0.2, 0.25) is 0 Å². The molecule has 0 bridgehead atoms. The fourth-order valence-corrected chi connectivity index (χ4v) is 3.28. The summed E-state index contributed by atoms with van der Waals surface area (Å²) in [5.41, 5.74) is 2.63. The molecule has 3 heterocycles. The van der Waals surface area contributed by atoms with Crippen molar-refractivity contribution in [1.29, 1.82) is 0 Å². The van der Waals surface area contributed by atoms with E-state index in [1.165, 1.54) is 0 Å². The molecule has 0 aliphatic rings. The molecule has 0 N–H and O–H groups in total. The van der Waals surface area contributed by atoms with Gasteiger partial charge in [0.1, 0.15) is 17.2 Å². The Hall–Kier alpha value is -2.98. The summed E-state index contributed by atoms with van der Waals surface area (Å²) in [7, 11) is 0. The van der Waals surface area contributed by atoms with Crippen LogP contribution in [0.25, 0.3) is 21.8 Å². The first-order valence-corrected chi connectivity index (χ1v) is 8.47. The minimum Gasteiger partial charge on any atom is -0.457 e. The van der Waals surface area contributed by atoms with Gasteiger partial charge in [-0.15, -0.1) is 11.3 Å². The number of pyridine rings is 2. The molecule has 4 heteroatoms. The van der Waals surface area contributed by atoms with Crippen molar-refractivity contribution >= 4 is 11.3 Å². The Morgan fingerprint density at radius 1 is 0.750 bits per heavy atom. The topological polar surface area (TPSA) is 35.0 Å². The molecule has 0 radical (unpaired) electrons. The van der Waals surface area contributed by atoms with Crippen molar-refractivity contribution in [1.82, 2.24) is 9.97 Å². The molecule has 0 spiro atoms. The zero-order valence-corrected chi connectivity index (χ0v) is 13.6. The highest BCUT2D eigenvalue weighted by Crippen LogP contribution is 2.40. The van der Waals surface area contributed by atoms with Crippen molar-refractivity contribution in [3.8, 4) is 33.3 Å². The SMILES string of the molecule is c1ccc(Oc2ccnc(-c3ccccn3)c2-c2cccs2)cc1. The van der Waals surface area contributed by atoms with E-state index in [1.54, 1.807) is 23.7 Å². The zero-order valence-electron chi connectivity index (χ0n) is 12.8. The number of nitrogens with zero attached hydrogens (tertiary/aromatic N) is 2. The van der Waals surface area contributed by atoms with Crippen LogP contribution in [-0.2, 0) is 0 Å². The van der Waals surface area contributed by atoms with Crippen LogP contribution in [0, 0.1) is 0 Å². The van der Waals surface area contributed by atoms with Crippen LogP contribution in [0.15, 0.2) is 84.5 Å². The van der Waals surface area contributed by atoms with E-state index in [-0.39, 0.29) is 0 Å². The van der Waals surface area contributed by atoms with Gasteiger partial charge >= 0.3 is 0 Å². The molecule has 1 aromatic carbocycles. The summed E-state index contributed by atoms with van der Waals surface area (Å²) in [5, 5.41) is 2.05. The van der Waals surface area contributed by atoms with Crippen LogP contribution in [0.2, 0.25) is 0 Å². The number of hydrogen-bond donors (Lipinski definition) is 0. The molecule has 0 unspecified atom stereocenters. The van der Waals surface area contributed by atoms with Gasteiger partial charge in [0.25, 0.3) is 0 Å². The van der Waals surface area contributed by atoms with Crippen LogP contribution in [0.3, 0.4) is 0 Å². The molecule has 0 aliphatic heterocycles. The smallest absolute Gasteiger partial charge is 0.139 e. The molecule has 0 amide bonds. The standard InChI is InChI=1S/C20H14N2OS/c1-2-7-15(8-3-1)23-17-11-13-22-20(16-9-4-5-12-21-16)19(17)18-10-6-14-24-18/h1-14H. The Kier molecular flexibility index (Phi) is 4.04. The number of para-hydroxylation sites is 1. The van der Waals surface area contributed by atoms with E-state index in [4.69, 9.17) is 4.74 Å². The summed E-state index contributed by atoms with van der Waals surface area (Å²) in [4.78, 5) is 10.1. The Balaban J connectivity index is 1.88. The molecular formula is C20H14N2OS. The van der Waals surface area contributed by atoms with Gasteiger partial charge in [0.15, 0.2) is 0 Å². The van der Waals surface area contributed by atoms with E-state index in [2.05, 4.69) is 21.4 Å². The van der Waals surface area contributed by atoms with Crippen LogP contribution in [0.1, 0.15) is 0 Å². The van der Waals surface area contributed by atoms with E-state index in [0.717, 1.165) is 33.3 Å². The van der Waals surface area contributed by atoms with Gasteiger partial charge < -0.3 is 4.74 Å². The second kappa shape index (κ2) is 6.64. The van der Waals surface area contributed by atoms with E-state index in [1.807, 2.05) is 60.7 Å². The van der Waals surface area contributed by atoms with Crippen molar-refractivity contribution in [2.45, 2.75) is 0 Å². The average molecular weight is 330 g/mol. The summed E-state index contributed by atoms with van der Waals surface area (Å²) in [6.45, 7) is 0. The maximum atomic E-state index is 6.13. The van der Waals surface area contributed by atoms with E-state index in [9.17, 15) is 0 Å². The number of ether oxygens (including phenoxy) is 1. The summed E-state index contributed by atoms with van der Waals surface area (Å²) in [5.74, 6) is 1.58. The largest absolute Gasteiger partial charge is 0.457 e. The number of rotatable bonds is 4. The maximum absolute atomic E-state index is 6.13. The minimum absolute atomic E-state index is 0.777. The van der Waals surface area contributed by atoms with Gasteiger partial charge in [-0.3, -0.25) is 9.97 Å². The lowest BCUT2D eigenvalue weighted by Crippen LogP contribution is -1.94. The zero-order chi connectivity index (χ0) is 16.2. The van der Waals surface area contributed by atoms with Crippen LogP contribution in [-0.4, -0.2) is 9.97 Å². The lowest BCUT2D eigenvalue weighted by Gasteiger charge is -2.13. The van der Waals surface area contributed by atoms with Gasteiger partial charge in [0.05, 0.1) is 11.3 Å². The average Bonchev–Trinajstić information content (AvgIpc) is 3.17. The predicted octanol–water partition coefficient (Wildman–Crippen LogP) is 5.66. The summed E-state index contributed by atoms with van der Waals surface area (Å²) in [6, 6.07) is 21.6. The number of benzene rings is 1. The predicted molar refractivity (Wildman–Crippen MR) is 97.3 cm³/mol. The third-order valence-electron chi connectivity index (χ3n) is 3.56. The number of aromatic nitrogens is 2. The first-order valence-electron chi connectivity index (χ1n) is 7.59. The number of hydrogen-bond acceptors (Lipinski definition) is 4. The summed E-state index contributed by atoms with van der Waals surface area (Å²) >= 11 is 1.66. The van der Waals surface area contributed by atoms with Gasteiger partial charge in [-0.25, -0.2) is 0 Å². The van der Waals surface area contributed by atoms with Crippen LogP contribution < -0.4 is 4.74 Å². The third kappa shape index (κ3) is 2.92. The molecular weight excluding hydrogens is 316 g/mol. The van der Waals surface area contributed by atoms with Crippen molar-refractivity contribution in [2.24, 2.45) is 0 Å². The van der Waals surface area contributed by atoms with Crippen LogP contribution in [0.4, 0.5) is 0 Å². The molecule has 4 rings (SSSR count). The molecule has 0 saturated heterocycles. The molecule has 3 aromatic heterocycles. The monoisotopic (exact) mass is 330 g/mol. The van der Waals surface area contributed by atoms with Crippen molar-refractivity contribution in [2.75, 3.05) is 0 Å². The Morgan fingerprint density at radius 3 is 2.38 bits per heavy atom. The molecule has 0 aliphatic carbocycles. The second-order valence-corrected chi connectivity index (χ2v) is 6.09. The second-order valence-electron chi connectivity index (χ2n) is 5.14. The van der Waals surface area contributed by atoms with E-state index in [0.29, 0.717) is 0 Å². The quantitative estimate of drug-likeness (QED) is 0.484. The van der Waals surface area contributed by atoms with Gasteiger partial charge in [-0.2, -0.15) is 0 Å². The third-order valence-corrected chi connectivity index (χ3v) is 4.45. The van der Waals surface area contributed by atoms with Crippen LogP contribution >= 0.6 is 11.3 Å². The summed E-state index contributed by atoms with van der Waals surface area (Å²) in [6.07, 6.45) is 3.54. The molecule has 24 heavy (non-hydrogen) atoms. The van der Waals surface area contributed by atoms with E-state index < -0.39 is 0 Å². The molecule has 3 nitrogen and oxygen atoms in total. The Bertz CT molecular complexity index is 923. The molecule has 116 valence electrons. The van der Waals surface area contributed by atoms with Crippen molar-refractivity contribution in [3.05, 3.63) is 84.5 Å².